The van der Waals surface area contributed by atoms with E-state index in [1.807, 2.05) is 24.3 Å². The number of aliphatic hydroxyl groups is 1. The Kier molecular flexibility index (Phi) is 3.33. The smallest absolute Gasteiger partial charge is 0.0659 e. The number of ether oxygens (including phenoxy) is 1. The van der Waals surface area contributed by atoms with E-state index in [-0.39, 0.29) is 12.0 Å². The predicted molar refractivity (Wildman–Crippen MR) is 44.3 cm³/mol. The third kappa shape index (κ3) is 2.48. The topological polar surface area (TPSA) is 29.5 Å². The molecule has 0 heterocycles. The van der Waals surface area contributed by atoms with Gasteiger partial charge >= 0.3 is 0 Å². The summed E-state index contributed by atoms with van der Waals surface area (Å²) < 4.78 is 4.97. The molecule has 0 spiro atoms. The second-order valence-electron chi connectivity index (χ2n) is 2.74. The molecule has 2 nitrogen and oxygen atoms in total. The van der Waals surface area contributed by atoms with Gasteiger partial charge in [-0.2, -0.15) is 0 Å². The van der Waals surface area contributed by atoms with Gasteiger partial charge < -0.3 is 9.84 Å². The lowest BCUT2D eigenvalue weighted by Gasteiger charge is -2.15. The van der Waals surface area contributed by atoms with Crippen LogP contribution in [0.3, 0.4) is 0 Å². The lowest BCUT2D eigenvalue weighted by Crippen LogP contribution is -2.21. The molecule has 0 aliphatic heterocycles. The molecule has 0 radical (unpaired) electrons. The Bertz CT molecular complexity index is 161. The first-order valence-electron chi connectivity index (χ1n) is 3.85. The molecule has 62 valence electrons. The fourth-order valence-corrected chi connectivity index (χ4v) is 1.17. The van der Waals surface area contributed by atoms with E-state index in [1.54, 1.807) is 7.11 Å². The van der Waals surface area contributed by atoms with E-state index >= 15 is 0 Å². The van der Waals surface area contributed by atoms with Crippen LogP contribution >= 0.6 is 0 Å². The highest BCUT2D eigenvalue weighted by Crippen LogP contribution is 2.13. The van der Waals surface area contributed by atoms with Gasteiger partial charge in [0.25, 0.3) is 0 Å². The highest BCUT2D eigenvalue weighted by atomic mass is 16.5. The van der Waals surface area contributed by atoms with Gasteiger partial charge in [-0.05, 0) is 6.42 Å². The molecule has 0 amide bonds. The van der Waals surface area contributed by atoms with Crippen LogP contribution in [0.1, 0.15) is 6.42 Å². The second-order valence-corrected chi connectivity index (χ2v) is 2.74. The molecule has 1 rings (SSSR count). The number of rotatable bonds is 2. The van der Waals surface area contributed by atoms with E-state index in [0.29, 0.717) is 6.61 Å². The van der Waals surface area contributed by atoms with E-state index in [0.717, 1.165) is 6.42 Å². The molecule has 0 unspecified atom stereocenters. The number of hydrogen-bond acceptors (Lipinski definition) is 2. The summed E-state index contributed by atoms with van der Waals surface area (Å²) in [6.07, 6.45) is 8.30. The Balaban J connectivity index is 2.49. The molecule has 1 N–H and O–H groups in total. The maximum Gasteiger partial charge on any atom is 0.0659 e. The molecule has 0 bridgehead atoms. The van der Waals surface area contributed by atoms with E-state index in [1.165, 1.54) is 0 Å². The van der Waals surface area contributed by atoms with Crippen molar-refractivity contribution in [2.24, 2.45) is 5.92 Å². The van der Waals surface area contributed by atoms with Gasteiger partial charge in [0.05, 0.1) is 12.7 Å². The first-order chi connectivity index (χ1) is 5.34. The molecule has 0 saturated carbocycles. The largest absolute Gasteiger partial charge is 0.392 e. The van der Waals surface area contributed by atoms with Gasteiger partial charge in [0.15, 0.2) is 0 Å². The third-order valence-corrected chi connectivity index (χ3v) is 1.84. The maximum absolute atomic E-state index is 9.50. The van der Waals surface area contributed by atoms with E-state index in [9.17, 15) is 5.11 Å². The van der Waals surface area contributed by atoms with Crippen LogP contribution in [0.25, 0.3) is 0 Å². The minimum atomic E-state index is -0.287. The van der Waals surface area contributed by atoms with Crippen LogP contribution in [0.15, 0.2) is 24.3 Å². The summed E-state index contributed by atoms with van der Waals surface area (Å²) >= 11 is 0. The van der Waals surface area contributed by atoms with Gasteiger partial charge in [-0.15, -0.1) is 0 Å². The summed E-state index contributed by atoms with van der Waals surface area (Å²) in [5.41, 5.74) is 0. The number of methoxy groups -OCH3 is 1. The first kappa shape index (κ1) is 8.50. The molecule has 2 heteroatoms. The Morgan fingerprint density at radius 1 is 1.55 bits per heavy atom. The Hall–Kier alpha value is -0.600. The molecule has 1 aliphatic carbocycles. The fraction of sp³-hybridized carbons (Fsp3) is 0.556. The molecule has 0 aromatic rings. The van der Waals surface area contributed by atoms with Crippen LogP contribution in [-0.4, -0.2) is 24.9 Å². The predicted octanol–water partition coefficient (Wildman–Crippen LogP) is 1.13. The maximum atomic E-state index is 9.50. The van der Waals surface area contributed by atoms with Crippen molar-refractivity contribution in [2.45, 2.75) is 12.5 Å². The van der Waals surface area contributed by atoms with Crippen LogP contribution in [0, 0.1) is 5.92 Å². The quantitative estimate of drug-likeness (QED) is 0.646. The summed E-state index contributed by atoms with van der Waals surface area (Å²) in [7, 11) is 1.65. The molecule has 0 aromatic heterocycles. The van der Waals surface area contributed by atoms with Crippen molar-refractivity contribution in [2.75, 3.05) is 13.7 Å². The summed E-state index contributed by atoms with van der Waals surface area (Å²) in [4.78, 5) is 0. The summed E-state index contributed by atoms with van der Waals surface area (Å²) in [5, 5.41) is 9.50. The molecule has 0 aromatic carbocycles. The zero-order valence-electron chi connectivity index (χ0n) is 6.73. The standard InChI is InChI=1S/C9H14O2/c1-11-7-8-5-3-2-4-6-9(8)10/h2-5,8-10H,6-7H2,1H3/t8-,9-/m0/s1. The SMILES string of the molecule is COC[C@@H]1C=CC=CC[C@@H]1O. The van der Waals surface area contributed by atoms with Gasteiger partial charge in [-0.3, -0.25) is 0 Å². The summed E-state index contributed by atoms with van der Waals surface area (Å²) in [6, 6.07) is 0. The Morgan fingerprint density at radius 2 is 2.36 bits per heavy atom. The molecular formula is C9H14O2. The zero-order valence-corrected chi connectivity index (χ0v) is 6.73. The lowest BCUT2D eigenvalue weighted by atomic mass is 10.0. The van der Waals surface area contributed by atoms with E-state index in [4.69, 9.17) is 4.74 Å². The molecule has 11 heavy (non-hydrogen) atoms. The molecular weight excluding hydrogens is 140 g/mol. The normalized spacial score (nSPS) is 30.4. The number of aliphatic hydroxyl groups excluding tert-OH is 1. The second kappa shape index (κ2) is 4.31. The zero-order chi connectivity index (χ0) is 8.10. The Morgan fingerprint density at radius 3 is 3.09 bits per heavy atom. The minimum absolute atomic E-state index is 0.148. The van der Waals surface area contributed by atoms with Gasteiger partial charge in [0.1, 0.15) is 0 Å². The van der Waals surface area contributed by atoms with Crippen LogP contribution in [0.5, 0.6) is 0 Å². The number of allylic oxidation sites excluding steroid dienone is 2. The van der Waals surface area contributed by atoms with Crippen molar-refractivity contribution in [3.05, 3.63) is 24.3 Å². The van der Waals surface area contributed by atoms with Crippen LogP contribution in [0.2, 0.25) is 0 Å². The van der Waals surface area contributed by atoms with Crippen molar-refractivity contribution in [1.82, 2.24) is 0 Å². The average molecular weight is 154 g/mol. The molecule has 2 atom stereocenters. The van der Waals surface area contributed by atoms with Crippen molar-refractivity contribution in [3.8, 4) is 0 Å². The van der Waals surface area contributed by atoms with Crippen molar-refractivity contribution >= 4 is 0 Å². The van der Waals surface area contributed by atoms with Crippen molar-refractivity contribution < 1.29 is 9.84 Å². The van der Waals surface area contributed by atoms with Gasteiger partial charge in [-0.1, -0.05) is 24.3 Å². The van der Waals surface area contributed by atoms with E-state index < -0.39 is 0 Å². The van der Waals surface area contributed by atoms with Gasteiger partial charge in [0, 0.05) is 13.0 Å². The van der Waals surface area contributed by atoms with E-state index in [2.05, 4.69) is 0 Å². The van der Waals surface area contributed by atoms with Crippen LogP contribution in [-0.2, 0) is 4.74 Å². The highest BCUT2D eigenvalue weighted by molar-refractivity contribution is 5.09. The minimum Gasteiger partial charge on any atom is -0.392 e. The molecule has 0 fully saturated rings. The van der Waals surface area contributed by atoms with Crippen LogP contribution in [0.4, 0.5) is 0 Å². The average Bonchev–Trinajstić information content (AvgIpc) is 2.18. The van der Waals surface area contributed by atoms with Crippen molar-refractivity contribution in [1.29, 1.82) is 0 Å². The highest BCUT2D eigenvalue weighted by Gasteiger charge is 2.15. The summed E-state index contributed by atoms with van der Waals surface area (Å²) in [5.74, 6) is 0.148. The van der Waals surface area contributed by atoms with Crippen molar-refractivity contribution in [3.63, 3.8) is 0 Å². The lowest BCUT2D eigenvalue weighted by molar-refractivity contribution is 0.0732. The van der Waals surface area contributed by atoms with Gasteiger partial charge in [0.2, 0.25) is 0 Å². The fourth-order valence-electron chi connectivity index (χ4n) is 1.17. The molecule has 0 saturated heterocycles. The first-order valence-corrected chi connectivity index (χ1v) is 3.85. The van der Waals surface area contributed by atoms with Crippen LogP contribution < -0.4 is 0 Å². The third-order valence-electron chi connectivity index (χ3n) is 1.84. The molecule has 1 aliphatic rings. The number of hydrogen-bond donors (Lipinski definition) is 1. The monoisotopic (exact) mass is 154 g/mol. The Labute approximate surface area is 67.2 Å². The van der Waals surface area contributed by atoms with Gasteiger partial charge in [-0.25, -0.2) is 0 Å². The summed E-state index contributed by atoms with van der Waals surface area (Å²) in [6.45, 7) is 0.597.